The molecule has 0 radical (unpaired) electrons. The van der Waals surface area contributed by atoms with Crippen molar-refractivity contribution >= 4 is 32.9 Å². The van der Waals surface area contributed by atoms with E-state index in [0.29, 0.717) is 29.4 Å². The first-order valence-corrected chi connectivity index (χ1v) is 11.3. The van der Waals surface area contributed by atoms with E-state index in [1.165, 1.54) is 23.4 Å². The second-order valence-electron chi connectivity index (χ2n) is 7.13. The summed E-state index contributed by atoms with van der Waals surface area (Å²) in [6.07, 6.45) is 4.84. The molecular formula is C18H21N9O3S. The SMILES string of the molecule is NC(=O)c1ncc(N[C@H]2CS(=O)(=O)CC[C@H]2N)cc1Nc1cccc(-n2nccn2)n1. The summed E-state index contributed by atoms with van der Waals surface area (Å²) in [5.41, 5.74) is 12.4. The van der Waals surface area contributed by atoms with Crippen LogP contribution in [0, 0.1) is 0 Å². The minimum absolute atomic E-state index is 0.00975. The summed E-state index contributed by atoms with van der Waals surface area (Å²) in [5, 5.41) is 14.2. The van der Waals surface area contributed by atoms with Gasteiger partial charge in [0.05, 0.1) is 47.5 Å². The van der Waals surface area contributed by atoms with Crippen molar-refractivity contribution in [3.05, 3.63) is 48.5 Å². The summed E-state index contributed by atoms with van der Waals surface area (Å²) < 4.78 is 23.9. The standard InChI is InChI=1S/C18H21N9O3S/c19-12-4-7-31(29,30)10-14(12)24-11-8-13(17(18(20)28)21-9-11)25-15-2-1-3-16(26-15)27-22-5-6-23-27/h1-3,5-6,8-9,12,14,24H,4,7,10,19H2,(H2,20,28)(H,25,26)/t12-,14+/m1/s1. The number of nitrogens with two attached hydrogens (primary N) is 2. The smallest absolute Gasteiger partial charge is 0.269 e. The van der Waals surface area contributed by atoms with Crippen molar-refractivity contribution in [2.24, 2.45) is 11.5 Å². The third kappa shape index (κ3) is 4.78. The zero-order valence-electron chi connectivity index (χ0n) is 16.3. The normalized spacial score (nSPS) is 20.2. The number of anilines is 3. The van der Waals surface area contributed by atoms with E-state index in [0.717, 1.165) is 0 Å². The largest absolute Gasteiger partial charge is 0.378 e. The summed E-state index contributed by atoms with van der Waals surface area (Å²) in [5.74, 6) is 0.153. The highest BCUT2D eigenvalue weighted by Gasteiger charge is 2.31. The Labute approximate surface area is 178 Å². The van der Waals surface area contributed by atoms with Crippen molar-refractivity contribution in [2.75, 3.05) is 22.1 Å². The number of aromatic nitrogens is 5. The van der Waals surface area contributed by atoms with Crippen LogP contribution in [0.3, 0.4) is 0 Å². The molecule has 0 unspecified atom stereocenters. The molecule has 6 N–H and O–H groups in total. The Kier molecular flexibility index (Phi) is 5.52. The summed E-state index contributed by atoms with van der Waals surface area (Å²) in [4.78, 5) is 21.7. The fraction of sp³-hybridized carbons (Fsp3) is 0.278. The third-order valence-electron chi connectivity index (χ3n) is 4.81. The number of primary amides is 1. The Hall–Kier alpha value is -3.58. The number of carbonyl (C=O) groups excluding carboxylic acids is 1. The molecule has 1 aliphatic rings. The number of amides is 1. The topological polar surface area (TPSA) is 184 Å². The molecule has 162 valence electrons. The predicted octanol–water partition coefficient (Wildman–Crippen LogP) is -0.174. The van der Waals surface area contributed by atoms with Gasteiger partial charge in [0, 0.05) is 6.04 Å². The third-order valence-corrected chi connectivity index (χ3v) is 6.53. The predicted molar refractivity (Wildman–Crippen MR) is 114 cm³/mol. The van der Waals surface area contributed by atoms with Crippen LogP contribution >= 0.6 is 0 Å². The first-order chi connectivity index (χ1) is 14.8. The van der Waals surface area contributed by atoms with Crippen molar-refractivity contribution < 1.29 is 13.2 Å². The molecule has 31 heavy (non-hydrogen) atoms. The number of hydrogen-bond acceptors (Lipinski definition) is 10. The van der Waals surface area contributed by atoms with Gasteiger partial charge in [0.1, 0.15) is 5.82 Å². The molecule has 0 aliphatic carbocycles. The van der Waals surface area contributed by atoms with Gasteiger partial charge in [-0.1, -0.05) is 6.07 Å². The monoisotopic (exact) mass is 443 g/mol. The quantitative estimate of drug-likeness (QED) is 0.398. The van der Waals surface area contributed by atoms with Crippen molar-refractivity contribution in [3.63, 3.8) is 0 Å². The average Bonchev–Trinajstić information content (AvgIpc) is 3.26. The molecular weight excluding hydrogens is 422 g/mol. The molecule has 3 aromatic rings. The van der Waals surface area contributed by atoms with E-state index in [4.69, 9.17) is 11.5 Å². The van der Waals surface area contributed by atoms with Crippen LogP contribution in [0.2, 0.25) is 0 Å². The molecule has 0 bridgehead atoms. The van der Waals surface area contributed by atoms with Gasteiger partial charge in [0.15, 0.2) is 21.3 Å². The van der Waals surface area contributed by atoms with Crippen molar-refractivity contribution in [3.8, 4) is 5.82 Å². The molecule has 13 heteroatoms. The van der Waals surface area contributed by atoms with E-state index >= 15 is 0 Å². The Balaban J connectivity index is 1.61. The molecule has 12 nitrogen and oxygen atoms in total. The van der Waals surface area contributed by atoms with Gasteiger partial charge >= 0.3 is 0 Å². The fourth-order valence-electron chi connectivity index (χ4n) is 3.27. The average molecular weight is 443 g/mol. The van der Waals surface area contributed by atoms with E-state index in [1.54, 1.807) is 24.3 Å². The lowest BCUT2D eigenvalue weighted by Crippen LogP contribution is -2.50. The number of rotatable bonds is 6. The second-order valence-corrected chi connectivity index (χ2v) is 9.36. The van der Waals surface area contributed by atoms with Crippen LogP contribution in [0.5, 0.6) is 0 Å². The van der Waals surface area contributed by atoms with Crippen LogP contribution in [0.4, 0.5) is 17.2 Å². The molecule has 0 spiro atoms. The van der Waals surface area contributed by atoms with Crippen molar-refractivity contribution in [1.29, 1.82) is 0 Å². The van der Waals surface area contributed by atoms with Crippen LogP contribution < -0.4 is 22.1 Å². The number of nitrogens with zero attached hydrogens (tertiary/aromatic N) is 5. The minimum atomic E-state index is -3.17. The lowest BCUT2D eigenvalue weighted by atomic mass is 10.1. The highest BCUT2D eigenvalue weighted by molar-refractivity contribution is 7.91. The second kappa shape index (κ2) is 8.28. The van der Waals surface area contributed by atoms with E-state index in [1.807, 2.05) is 0 Å². The highest BCUT2D eigenvalue weighted by Crippen LogP contribution is 2.24. The van der Waals surface area contributed by atoms with Gasteiger partial charge in [-0.25, -0.2) is 18.4 Å². The number of nitrogens with one attached hydrogen (secondary N) is 2. The van der Waals surface area contributed by atoms with Gasteiger partial charge < -0.3 is 22.1 Å². The minimum Gasteiger partial charge on any atom is -0.378 e. The van der Waals surface area contributed by atoms with Crippen LogP contribution in [-0.4, -0.2) is 62.9 Å². The summed E-state index contributed by atoms with van der Waals surface area (Å²) in [7, 11) is -3.17. The highest BCUT2D eigenvalue weighted by atomic mass is 32.2. The first kappa shape index (κ1) is 20.7. The Bertz CT molecular complexity index is 1200. The zero-order valence-corrected chi connectivity index (χ0v) is 17.2. The number of carbonyl (C=O) groups is 1. The Morgan fingerprint density at radius 3 is 2.74 bits per heavy atom. The summed E-state index contributed by atoms with van der Waals surface area (Å²) >= 11 is 0. The van der Waals surface area contributed by atoms with Gasteiger partial charge in [-0.3, -0.25) is 4.79 Å². The molecule has 1 fully saturated rings. The molecule has 3 aromatic heterocycles. The van der Waals surface area contributed by atoms with E-state index in [-0.39, 0.29) is 23.2 Å². The van der Waals surface area contributed by atoms with Crippen LogP contribution in [-0.2, 0) is 9.84 Å². The maximum absolute atomic E-state index is 12.0. The van der Waals surface area contributed by atoms with Gasteiger partial charge in [-0.05, 0) is 24.6 Å². The van der Waals surface area contributed by atoms with E-state index in [9.17, 15) is 13.2 Å². The zero-order chi connectivity index (χ0) is 22.0. The maximum atomic E-state index is 12.0. The van der Waals surface area contributed by atoms with E-state index in [2.05, 4.69) is 30.8 Å². The number of sulfone groups is 1. The Morgan fingerprint density at radius 2 is 2.00 bits per heavy atom. The molecule has 0 aromatic carbocycles. The molecule has 2 atom stereocenters. The van der Waals surface area contributed by atoms with Gasteiger partial charge in [0.2, 0.25) is 0 Å². The molecule has 4 rings (SSSR count). The fourth-order valence-corrected chi connectivity index (χ4v) is 4.95. The molecule has 1 amide bonds. The summed E-state index contributed by atoms with van der Waals surface area (Å²) in [6.45, 7) is 0. The number of hydrogen-bond donors (Lipinski definition) is 4. The van der Waals surface area contributed by atoms with Crippen molar-refractivity contribution in [2.45, 2.75) is 18.5 Å². The number of pyridine rings is 2. The van der Waals surface area contributed by atoms with E-state index < -0.39 is 21.8 Å². The van der Waals surface area contributed by atoms with Gasteiger partial charge in [-0.2, -0.15) is 10.2 Å². The van der Waals surface area contributed by atoms with Crippen LogP contribution in [0.25, 0.3) is 5.82 Å². The molecule has 0 saturated carbocycles. The lowest BCUT2D eigenvalue weighted by Gasteiger charge is -2.30. The van der Waals surface area contributed by atoms with Gasteiger partial charge in [0.25, 0.3) is 5.91 Å². The molecule has 1 saturated heterocycles. The van der Waals surface area contributed by atoms with Gasteiger partial charge in [-0.15, -0.1) is 4.80 Å². The molecule has 1 aliphatic heterocycles. The van der Waals surface area contributed by atoms with Crippen LogP contribution in [0.15, 0.2) is 42.9 Å². The van der Waals surface area contributed by atoms with Crippen molar-refractivity contribution in [1.82, 2.24) is 25.0 Å². The summed E-state index contributed by atoms with van der Waals surface area (Å²) in [6, 6.07) is 5.99. The lowest BCUT2D eigenvalue weighted by molar-refractivity contribution is 0.0996. The maximum Gasteiger partial charge on any atom is 0.269 e. The Morgan fingerprint density at radius 1 is 1.23 bits per heavy atom. The molecule has 4 heterocycles. The van der Waals surface area contributed by atoms with Crippen LogP contribution in [0.1, 0.15) is 16.9 Å². The first-order valence-electron chi connectivity index (χ1n) is 9.44.